The number of rotatable bonds is 5. The fourth-order valence-corrected chi connectivity index (χ4v) is 3.05. The van der Waals surface area contributed by atoms with Gasteiger partial charge in [-0.25, -0.2) is 4.39 Å². The van der Waals surface area contributed by atoms with Gasteiger partial charge in [-0.3, -0.25) is 9.59 Å². The summed E-state index contributed by atoms with van der Waals surface area (Å²) < 4.78 is 25.0. The molecule has 1 amide bonds. The van der Waals surface area contributed by atoms with E-state index in [0.29, 0.717) is 22.3 Å². The number of hydrogen-bond acceptors (Lipinski definition) is 4. The average Bonchev–Trinajstić information content (AvgIpc) is 2.76. The van der Waals surface area contributed by atoms with Gasteiger partial charge in [0.25, 0.3) is 5.91 Å². The van der Waals surface area contributed by atoms with Gasteiger partial charge in [0.15, 0.2) is 11.5 Å². The molecule has 6 heteroatoms. The Kier molecular flexibility index (Phi) is 5.30. The number of para-hydroxylation sites is 1. The highest BCUT2D eigenvalue weighted by molar-refractivity contribution is 5.94. The molecule has 0 spiro atoms. The summed E-state index contributed by atoms with van der Waals surface area (Å²) in [6.07, 6.45) is 0.523. The van der Waals surface area contributed by atoms with Crippen molar-refractivity contribution in [2.45, 2.75) is 13.0 Å². The number of halogens is 1. The molecular weight excluding hydrogens is 385 g/mol. The monoisotopic (exact) mass is 403 g/mol. The third-order valence-corrected chi connectivity index (χ3v) is 4.64. The standard InChI is InChI=1S/C24H18FNO4/c1-15(24(28)26-21-10-6-5-9-20(21)25)30-17-11-12-18-22(13-17)29-14-19(23(18)27)16-7-3-2-4-8-16/h2-15H,1H3,(H,26,28)/t15-/m1/s1. The Morgan fingerprint density at radius 2 is 1.77 bits per heavy atom. The summed E-state index contributed by atoms with van der Waals surface area (Å²) in [6, 6.07) is 19.9. The zero-order chi connectivity index (χ0) is 21.1. The molecule has 4 rings (SSSR count). The van der Waals surface area contributed by atoms with Crippen molar-refractivity contribution >= 4 is 22.6 Å². The summed E-state index contributed by atoms with van der Waals surface area (Å²) in [6.45, 7) is 1.55. The normalized spacial score (nSPS) is 11.8. The van der Waals surface area contributed by atoms with E-state index in [1.807, 2.05) is 30.3 Å². The molecule has 0 aliphatic rings. The summed E-state index contributed by atoms with van der Waals surface area (Å²) in [7, 11) is 0. The van der Waals surface area contributed by atoms with E-state index in [4.69, 9.17) is 9.15 Å². The van der Waals surface area contributed by atoms with Gasteiger partial charge in [-0.2, -0.15) is 0 Å². The lowest BCUT2D eigenvalue weighted by Gasteiger charge is -2.15. The van der Waals surface area contributed by atoms with E-state index in [0.717, 1.165) is 5.56 Å². The number of ether oxygens (including phenoxy) is 1. The van der Waals surface area contributed by atoms with Gasteiger partial charge in [-0.15, -0.1) is 0 Å². The summed E-state index contributed by atoms with van der Waals surface area (Å²) in [5.74, 6) is -0.671. The highest BCUT2D eigenvalue weighted by Gasteiger charge is 2.17. The van der Waals surface area contributed by atoms with Gasteiger partial charge in [-0.05, 0) is 36.8 Å². The largest absolute Gasteiger partial charge is 0.481 e. The molecule has 1 heterocycles. The van der Waals surface area contributed by atoms with E-state index in [2.05, 4.69) is 5.32 Å². The summed E-state index contributed by atoms with van der Waals surface area (Å²) in [4.78, 5) is 25.1. The lowest BCUT2D eigenvalue weighted by atomic mass is 10.1. The molecule has 5 nitrogen and oxygen atoms in total. The Morgan fingerprint density at radius 1 is 1.03 bits per heavy atom. The quantitative estimate of drug-likeness (QED) is 0.509. The second-order valence-corrected chi connectivity index (χ2v) is 6.73. The Labute approximate surface area is 171 Å². The van der Waals surface area contributed by atoms with Gasteiger partial charge >= 0.3 is 0 Å². The van der Waals surface area contributed by atoms with Gasteiger partial charge in [0.05, 0.1) is 16.6 Å². The van der Waals surface area contributed by atoms with E-state index in [1.165, 1.54) is 24.5 Å². The highest BCUT2D eigenvalue weighted by Crippen LogP contribution is 2.24. The first-order valence-corrected chi connectivity index (χ1v) is 9.36. The lowest BCUT2D eigenvalue weighted by molar-refractivity contribution is -0.122. The van der Waals surface area contributed by atoms with E-state index in [-0.39, 0.29) is 11.1 Å². The Morgan fingerprint density at radius 3 is 2.53 bits per heavy atom. The topological polar surface area (TPSA) is 68.5 Å². The van der Waals surface area contributed by atoms with Crippen LogP contribution in [-0.2, 0) is 4.79 Å². The van der Waals surface area contributed by atoms with Gasteiger partial charge in [0.1, 0.15) is 23.4 Å². The Bertz CT molecular complexity index is 1270. The average molecular weight is 403 g/mol. The first kappa shape index (κ1) is 19.4. The minimum atomic E-state index is -0.891. The molecule has 0 fully saturated rings. The van der Waals surface area contributed by atoms with E-state index >= 15 is 0 Å². The first-order valence-electron chi connectivity index (χ1n) is 9.36. The number of benzene rings is 3. The third kappa shape index (κ3) is 3.93. The van der Waals surface area contributed by atoms with Crippen LogP contribution in [0.1, 0.15) is 6.92 Å². The van der Waals surface area contributed by atoms with Crippen LogP contribution in [0.25, 0.3) is 22.1 Å². The smallest absolute Gasteiger partial charge is 0.265 e. The molecule has 4 aromatic rings. The van der Waals surface area contributed by atoms with Crippen LogP contribution in [0.3, 0.4) is 0 Å². The summed E-state index contributed by atoms with van der Waals surface area (Å²) >= 11 is 0. The van der Waals surface area contributed by atoms with Crippen molar-refractivity contribution in [3.63, 3.8) is 0 Å². The Balaban J connectivity index is 1.54. The van der Waals surface area contributed by atoms with Crippen LogP contribution in [0.4, 0.5) is 10.1 Å². The maximum absolute atomic E-state index is 13.7. The molecule has 0 aliphatic carbocycles. The molecule has 30 heavy (non-hydrogen) atoms. The van der Waals surface area contributed by atoms with Gasteiger partial charge < -0.3 is 14.5 Å². The van der Waals surface area contributed by atoms with Crippen molar-refractivity contribution in [2.75, 3.05) is 5.32 Å². The van der Waals surface area contributed by atoms with E-state index < -0.39 is 17.8 Å². The molecule has 1 N–H and O–H groups in total. The SMILES string of the molecule is C[C@@H](Oc1ccc2c(=O)c(-c3ccccc3)coc2c1)C(=O)Nc1ccccc1F. The molecule has 1 aromatic heterocycles. The second-order valence-electron chi connectivity index (χ2n) is 6.73. The number of anilines is 1. The fraction of sp³-hybridized carbons (Fsp3) is 0.0833. The lowest BCUT2D eigenvalue weighted by Crippen LogP contribution is -2.30. The van der Waals surface area contributed by atoms with Crippen molar-refractivity contribution in [3.05, 3.63) is 95.1 Å². The van der Waals surface area contributed by atoms with Gasteiger partial charge in [-0.1, -0.05) is 42.5 Å². The molecule has 0 saturated heterocycles. The molecule has 150 valence electrons. The summed E-state index contributed by atoms with van der Waals surface area (Å²) in [5.41, 5.74) is 1.51. The predicted molar refractivity (Wildman–Crippen MR) is 113 cm³/mol. The van der Waals surface area contributed by atoms with E-state index in [9.17, 15) is 14.0 Å². The number of carbonyl (C=O) groups excluding carboxylic acids is 1. The van der Waals surface area contributed by atoms with Crippen molar-refractivity contribution < 1.29 is 18.3 Å². The van der Waals surface area contributed by atoms with Crippen molar-refractivity contribution in [1.29, 1.82) is 0 Å². The minimum absolute atomic E-state index is 0.0795. The maximum Gasteiger partial charge on any atom is 0.265 e. The van der Waals surface area contributed by atoms with Crippen LogP contribution in [0.2, 0.25) is 0 Å². The van der Waals surface area contributed by atoms with Crippen molar-refractivity contribution in [1.82, 2.24) is 0 Å². The third-order valence-electron chi connectivity index (χ3n) is 4.64. The highest BCUT2D eigenvalue weighted by atomic mass is 19.1. The first-order chi connectivity index (χ1) is 14.5. The van der Waals surface area contributed by atoms with Crippen LogP contribution in [-0.4, -0.2) is 12.0 Å². The molecule has 1 atom stereocenters. The summed E-state index contributed by atoms with van der Waals surface area (Å²) in [5, 5.41) is 2.90. The van der Waals surface area contributed by atoms with Crippen LogP contribution >= 0.6 is 0 Å². The van der Waals surface area contributed by atoms with Crippen molar-refractivity contribution in [3.8, 4) is 16.9 Å². The second kappa shape index (κ2) is 8.21. The van der Waals surface area contributed by atoms with Crippen LogP contribution in [0, 0.1) is 5.82 Å². The van der Waals surface area contributed by atoms with Crippen LogP contribution in [0.5, 0.6) is 5.75 Å². The fourth-order valence-electron chi connectivity index (χ4n) is 3.05. The molecule has 0 saturated carbocycles. The molecule has 3 aromatic carbocycles. The number of nitrogens with one attached hydrogen (secondary N) is 1. The molecule has 0 radical (unpaired) electrons. The molecule has 0 bridgehead atoms. The minimum Gasteiger partial charge on any atom is -0.481 e. The maximum atomic E-state index is 13.7. The molecular formula is C24H18FNO4. The van der Waals surface area contributed by atoms with Crippen molar-refractivity contribution in [2.24, 2.45) is 0 Å². The number of carbonyl (C=O) groups is 1. The molecule has 0 unspecified atom stereocenters. The zero-order valence-electron chi connectivity index (χ0n) is 16.1. The van der Waals surface area contributed by atoms with E-state index in [1.54, 1.807) is 31.2 Å². The van der Waals surface area contributed by atoms with Gasteiger partial charge in [0, 0.05) is 6.07 Å². The number of fused-ring (bicyclic) bond motifs is 1. The number of hydrogen-bond donors (Lipinski definition) is 1. The van der Waals surface area contributed by atoms with Gasteiger partial charge in [0.2, 0.25) is 0 Å². The number of amides is 1. The Hall–Kier alpha value is -3.93. The molecule has 0 aliphatic heterocycles. The predicted octanol–water partition coefficient (Wildman–Crippen LogP) is 5.01. The van der Waals surface area contributed by atoms with Crippen LogP contribution < -0.4 is 15.5 Å². The van der Waals surface area contributed by atoms with Crippen LogP contribution in [0.15, 0.2) is 88.3 Å². The zero-order valence-corrected chi connectivity index (χ0v) is 16.1.